The lowest BCUT2D eigenvalue weighted by Crippen LogP contribution is -2.39. The molecule has 266 valence electrons. The molecule has 0 aliphatic carbocycles. The van der Waals surface area contributed by atoms with E-state index in [0.717, 1.165) is 32.2 Å². The fourth-order valence-electron chi connectivity index (χ4n) is 6.66. The minimum Gasteiger partial charge on any atom is -0.396 e. The van der Waals surface area contributed by atoms with Gasteiger partial charge in [0, 0.05) is 26.2 Å². The highest BCUT2D eigenvalue weighted by Crippen LogP contribution is 2.16. The quantitative estimate of drug-likeness (QED) is 0.0597. The lowest BCUT2D eigenvalue weighted by Gasteiger charge is -2.27. The predicted octanol–water partition coefficient (Wildman–Crippen LogP) is 11.5. The van der Waals surface area contributed by atoms with Gasteiger partial charge in [-0.25, -0.2) is 0 Å². The van der Waals surface area contributed by atoms with Crippen molar-refractivity contribution in [1.29, 1.82) is 0 Å². The molecule has 0 aromatic rings. The number of unbranched alkanes of at least 4 members (excludes halogenated alkanes) is 27. The van der Waals surface area contributed by atoms with Crippen molar-refractivity contribution in [3.05, 3.63) is 0 Å². The highest BCUT2D eigenvalue weighted by Gasteiger charge is 2.15. The van der Waals surface area contributed by atoms with E-state index in [1.165, 1.54) is 173 Å². The van der Waals surface area contributed by atoms with Crippen LogP contribution >= 0.6 is 0 Å². The summed E-state index contributed by atoms with van der Waals surface area (Å²) < 4.78 is 0. The summed E-state index contributed by atoms with van der Waals surface area (Å²) in [5.74, 6) is 0. The van der Waals surface area contributed by atoms with E-state index < -0.39 is 0 Å². The molecule has 0 aliphatic heterocycles. The second-order valence-corrected chi connectivity index (χ2v) is 14.3. The molecule has 0 heterocycles. The van der Waals surface area contributed by atoms with Crippen molar-refractivity contribution in [2.24, 2.45) is 0 Å². The Morgan fingerprint density at radius 2 is 0.614 bits per heavy atom. The van der Waals surface area contributed by atoms with Gasteiger partial charge in [-0.05, 0) is 19.3 Å². The van der Waals surface area contributed by atoms with E-state index in [-0.39, 0.29) is 18.8 Å². The second kappa shape index (κ2) is 37.3. The molecular formula is C40H83NO3. The standard InChI is InChI=1S/C40H83NO3/c1-3-5-7-9-11-13-15-17-19-21-23-25-27-29-31-34-40(44)38-41(35-32-36-42)37-39(43)33-30-28-26-24-22-20-18-16-14-12-10-8-6-4-2/h39-40,42-44H,3-38H2,1-2H3. The summed E-state index contributed by atoms with van der Waals surface area (Å²) in [6.45, 7) is 6.73. The van der Waals surface area contributed by atoms with Crippen LogP contribution in [0.3, 0.4) is 0 Å². The van der Waals surface area contributed by atoms with Crippen LogP contribution in [-0.2, 0) is 0 Å². The van der Waals surface area contributed by atoms with E-state index in [9.17, 15) is 15.3 Å². The van der Waals surface area contributed by atoms with E-state index in [0.29, 0.717) is 19.5 Å². The first-order valence-corrected chi connectivity index (χ1v) is 20.3. The van der Waals surface area contributed by atoms with Gasteiger partial charge >= 0.3 is 0 Å². The lowest BCUT2D eigenvalue weighted by atomic mass is 10.0. The van der Waals surface area contributed by atoms with Crippen LogP contribution in [0, 0.1) is 0 Å². The average Bonchev–Trinajstić information content (AvgIpc) is 3.01. The Balaban J connectivity index is 3.70. The molecular weight excluding hydrogens is 542 g/mol. The zero-order valence-corrected chi connectivity index (χ0v) is 30.4. The summed E-state index contributed by atoms with van der Waals surface area (Å²) in [5, 5.41) is 30.6. The Hall–Kier alpha value is -0.160. The first-order chi connectivity index (χ1) is 21.6. The Morgan fingerprint density at radius 1 is 0.364 bits per heavy atom. The summed E-state index contributed by atoms with van der Waals surface area (Å²) in [6.07, 6.45) is 41.1. The minimum absolute atomic E-state index is 0.167. The smallest absolute Gasteiger partial charge is 0.0667 e. The van der Waals surface area contributed by atoms with Crippen LogP contribution in [0.4, 0.5) is 0 Å². The fourth-order valence-corrected chi connectivity index (χ4v) is 6.66. The van der Waals surface area contributed by atoms with Gasteiger partial charge in [-0.3, -0.25) is 4.90 Å². The van der Waals surface area contributed by atoms with E-state index in [1.807, 2.05) is 0 Å². The maximum Gasteiger partial charge on any atom is 0.0667 e. The summed E-state index contributed by atoms with van der Waals surface area (Å²) >= 11 is 0. The van der Waals surface area contributed by atoms with Gasteiger partial charge < -0.3 is 15.3 Å². The highest BCUT2D eigenvalue weighted by atomic mass is 16.3. The molecule has 4 nitrogen and oxygen atoms in total. The van der Waals surface area contributed by atoms with Crippen LogP contribution in [0.25, 0.3) is 0 Å². The summed E-state index contributed by atoms with van der Waals surface area (Å²) in [5.41, 5.74) is 0. The topological polar surface area (TPSA) is 63.9 Å². The summed E-state index contributed by atoms with van der Waals surface area (Å²) in [7, 11) is 0. The first-order valence-electron chi connectivity index (χ1n) is 20.3. The van der Waals surface area contributed by atoms with Crippen LogP contribution in [-0.4, -0.2) is 58.7 Å². The number of aliphatic hydroxyl groups excluding tert-OH is 3. The molecule has 0 aromatic carbocycles. The Morgan fingerprint density at radius 3 is 0.864 bits per heavy atom. The van der Waals surface area contributed by atoms with Crippen LogP contribution in [0.5, 0.6) is 0 Å². The van der Waals surface area contributed by atoms with Crippen molar-refractivity contribution in [3.63, 3.8) is 0 Å². The van der Waals surface area contributed by atoms with Crippen molar-refractivity contribution in [2.45, 2.75) is 232 Å². The number of nitrogens with zero attached hydrogens (tertiary/aromatic N) is 1. The van der Waals surface area contributed by atoms with Crippen LogP contribution in [0.2, 0.25) is 0 Å². The molecule has 2 atom stereocenters. The molecule has 0 spiro atoms. The van der Waals surface area contributed by atoms with Gasteiger partial charge in [0.15, 0.2) is 0 Å². The van der Waals surface area contributed by atoms with E-state index >= 15 is 0 Å². The molecule has 0 saturated heterocycles. The predicted molar refractivity (Wildman–Crippen MR) is 195 cm³/mol. The SMILES string of the molecule is CCCCCCCCCCCCCCCCCC(O)CN(CCCO)CC(O)CCCCCCCCCCCCCCCC. The molecule has 44 heavy (non-hydrogen) atoms. The molecule has 0 aliphatic rings. The van der Waals surface area contributed by atoms with Gasteiger partial charge in [0.2, 0.25) is 0 Å². The maximum absolute atomic E-state index is 10.7. The third-order valence-electron chi connectivity index (χ3n) is 9.60. The maximum atomic E-state index is 10.7. The van der Waals surface area contributed by atoms with E-state index in [4.69, 9.17) is 0 Å². The molecule has 0 bridgehead atoms. The van der Waals surface area contributed by atoms with Gasteiger partial charge in [-0.2, -0.15) is 0 Å². The lowest BCUT2D eigenvalue weighted by molar-refractivity contribution is 0.0573. The summed E-state index contributed by atoms with van der Waals surface area (Å²) in [4.78, 5) is 2.18. The molecule has 2 unspecified atom stereocenters. The average molecular weight is 626 g/mol. The van der Waals surface area contributed by atoms with Gasteiger partial charge in [0.25, 0.3) is 0 Å². The van der Waals surface area contributed by atoms with Gasteiger partial charge in [-0.1, -0.05) is 200 Å². The second-order valence-electron chi connectivity index (χ2n) is 14.3. The van der Waals surface area contributed by atoms with Crippen molar-refractivity contribution in [2.75, 3.05) is 26.2 Å². The van der Waals surface area contributed by atoms with Crippen molar-refractivity contribution >= 4 is 0 Å². The van der Waals surface area contributed by atoms with Gasteiger partial charge in [-0.15, -0.1) is 0 Å². The van der Waals surface area contributed by atoms with E-state index in [2.05, 4.69) is 18.7 Å². The monoisotopic (exact) mass is 626 g/mol. The number of hydrogen-bond donors (Lipinski definition) is 3. The Bertz CT molecular complexity index is 517. The Labute approximate surface area is 277 Å². The number of rotatable bonds is 38. The zero-order valence-electron chi connectivity index (χ0n) is 30.4. The number of hydrogen-bond acceptors (Lipinski definition) is 4. The van der Waals surface area contributed by atoms with Crippen molar-refractivity contribution < 1.29 is 15.3 Å². The van der Waals surface area contributed by atoms with Crippen LogP contribution < -0.4 is 0 Å². The summed E-state index contributed by atoms with van der Waals surface area (Å²) in [6, 6.07) is 0. The van der Waals surface area contributed by atoms with Gasteiger partial charge in [0.1, 0.15) is 0 Å². The molecule has 3 N–H and O–H groups in total. The third-order valence-corrected chi connectivity index (χ3v) is 9.60. The molecule has 4 heteroatoms. The fraction of sp³-hybridized carbons (Fsp3) is 1.00. The third kappa shape index (κ3) is 34.7. The highest BCUT2D eigenvalue weighted by molar-refractivity contribution is 4.70. The van der Waals surface area contributed by atoms with Gasteiger partial charge in [0.05, 0.1) is 12.2 Å². The minimum atomic E-state index is -0.330. The van der Waals surface area contributed by atoms with Crippen molar-refractivity contribution in [1.82, 2.24) is 4.90 Å². The number of aliphatic hydroxyl groups is 3. The molecule has 0 saturated carbocycles. The largest absolute Gasteiger partial charge is 0.396 e. The molecule has 0 aromatic heterocycles. The van der Waals surface area contributed by atoms with Crippen molar-refractivity contribution in [3.8, 4) is 0 Å². The zero-order chi connectivity index (χ0) is 32.2. The van der Waals surface area contributed by atoms with Crippen LogP contribution in [0.15, 0.2) is 0 Å². The molecule has 0 fully saturated rings. The molecule has 0 rings (SSSR count). The first kappa shape index (κ1) is 43.8. The Kier molecular flexibility index (Phi) is 37.2. The molecule has 0 amide bonds. The van der Waals surface area contributed by atoms with E-state index in [1.54, 1.807) is 0 Å². The normalized spacial score (nSPS) is 13.2. The van der Waals surface area contributed by atoms with Crippen LogP contribution in [0.1, 0.15) is 219 Å². The molecule has 0 radical (unpaired) electrons.